The first-order chi connectivity index (χ1) is 34.5. The van der Waals surface area contributed by atoms with Gasteiger partial charge in [0.2, 0.25) is 5.91 Å². The van der Waals surface area contributed by atoms with Crippen LogP contribution >= 0.6 is 7.82 Å². The molecule has 0 rings (SSSR count). The van der Waals surface area contributed by atoms with E-state index in [-0.39, 0.29) is 12.5 Å². The Morgan fingerprint density at radius 1 is 0.507 bits per heavy atom. The number of rotatable bonds is 52. The quantitative estimate of drug-likeness (QED) is 0.0272. The van der Waals surface area contributed by atoms with Crippen LogP contribution in [0.3, 0.4) is 0 Å². The van der Waals surface area contributed by atoms with E-state index in [0.29, 0.717) is 17.4 Å². The van der Waals surface area contributed by atoms with Gasteiger partial charge in [-0.15, -0.1) is 0 Å². The number of carbonyl (C=O) groups is 1. The van der Waals surface area contributed by atoms with Gasteiger partial charge in [0.15, 0.2) is 0 Å². The molecule has 1 amide bonds. The van der Waals surface area contributed by atoms with Crippen molar-refractivity contribution in [2.24, 2.45) is 0 Å². The highest BCUT2D eigenvalue weighted by atomic mass is 31.2. The Hall–Kier alpha value is -2.58. The predicted molar refractivity (Wildman–Crippen MR) is 306 cm³/mol. The third-order valence-corrected chi connectivity index (χ3v) is 13.5. The molecule has 71 heavy (non-hydrogen) atoms. The first kappa shape index (κ1) is 68.4. The van der Waals surface area contributed by atoms with Crippen molar-refractivity contribution < 1.29 is 32.9 Å². The number of aliphatic hydroxyl groups excluding tert-OH is 1. The van der Waals surface area contributed by atoms with Crippen molar-refractivity contribution in [1.82, 2.24) is 5.32 Å². The van der Waals surface area contributed by atoms with E-state index in [2.05, 4.69) is 104 Å². The SMILES string of the molecule is CC/C=C\C/C=C\C/C=C\C/C=C\C/C=C\C/C=C\CCCCCCCCCCCCCCCCC(=O)NC(COP(=O)([O-])OCC[N+](C)(C)C)C(O)/C=C/CC/C=C/CCCCCCCCCCCC. The molecule has 8 nitrogen and oxygen atoms in total. The Bertz CT molecular complexity index is 1470. The molecule has 0 aromatic heterocycles. The van der Waals surface area contributed by atoms with Gasteiger partial charge in [-0.3, -0.25) is 9.36 Å². The van der Waals surface area contributed by atoms with Gasteiger partial charge in [0.05, 0.1) is 39.9 Å². The topological polar surface area (TPSA) is 108 Å². The predicted octanol–water partition coefficient (Wildman–Crippen LogP) is 17.2. The molecule has 3 unspecified atom stereocenters. The van der Waals surface area contributed by atoms with Gasteiger partial charge < -0.3 is 28.8 Å². The van der Waals surface area contributed by atoms with Gasteiger partial charge >= 0.3 is 0 Å². The van der Waals surface area contributed by atoms with Crippen LogP contribution in [0.1, 0.15) is 239 Å². The zero-order valence-electron chi connectivity index (χ0n) is 46.6. The highest BCUT2D eigenvalue weighted by molar-refractivity contribution is 7.45. The summed E-state index contributed by atoms with van der Waals surface area (Å²) in [5, 5.41) is 13.8. The molecule has 0 spiro atoms. The van der Waals surface area contributed by atoms with Crippen LogP contribution in [0.2, 0.25) is 0 Å². The van der Waals surface area contributed by atoms with E-state index in [1.165, 1.54) is 141 Å². The second-order valence-electron chi connectivity index (χ2n) is 20.6. The summed E-state index contributed by atoms with van der Waals surface area (Å²) < 4.78 is 23.3. The van der Waals surface area contributed by atoms with Crippen molar-refractivity contribution in [3.05, 3.63) is 97.2 Å². The Morgan fingerprint density at radius 3 is 1.31 bits per heavy atom. The number of hydrogen-bond acceptors (Lipinski definition) is 6. The zero-order chi connectivity index (χ0) is 52.0. The summed E-state index contributed by atoms with van der Waals surface area (Å²) in [5.74, 6) is -0.211. The van der Waals surface area contributed by atoms with Crippen LogP contribution in [-0.4, -0.2) is 68.5 Å². The fourth-order valence-electron chi connectivity index (χ4n) is 8.00. The Kier molecular flexibility index (Phi) is 50.4. The van der Waals surface area contributed by atoms with Gasteiger partial charge in [-0.25, -0.2) is 0 Å². The Labute approximate surface area is 439 Å². The van der Waals surface area contributed by atoms with E-state index in [4.69, 9.17) is 9.05 Å². The molecule has 2 N–H and O–H groups in total. The van der Waals surface area contributed by atoms with Crippen molar-refractivity contribution in [2.45, 2.75) is 251 Å². The second-order valence-corrected chi connectivity index (χ2v) is 22.0. The molecule has 0 aliphatic heterocycles. The first-order valence-corrected chi connectivity index (χ1v) is 30.6. The van der Waals surface area contributed by atoms with Crippen LogP contribution in [0.25, 0.3) is 0 Å². The van der Waals surface area contributed by atoms with Gasteiger partial charge in [0, 0.05) is 6.42 Å². The number of hydrogen-bond donors (Lipinski definition) is 2. The maximum Gasteiger partial charge on any atom is 0.268 e. The van der Waals surface area contributed by atoms with Crippen molar-refractivity contribution in [3.8, 4) is 0 Å². The maximum absolute atomic E-state index is 13.0. The fraction of sp³-hybridized carbons (Fsp3) is 0.726. The summed E-state index contributed by atoms with van der Waals surface area (Å²) >= 11 is 0. The molecular weight excluding hydrogens is 900 g/mol. The summed E-state index contributed by atoms with van der Waals surface area (Å²) in [6, 6.07) is -0.908. The molecule has 0 fully saturated rings. The fourth-order valence-corrected chi connectivity index (χ4v) is 8.72. The van der Waals surface area contributed by atoms with Crippen LogP contribution in [0.15, 0.2) is 97.2 Å². The molecule has 0 aromatic rings. The van der Waals surface area contributed by atoms with Crippen molar-refractivity contribution in [1.29, 1.82) is 0 Å². The number of amides is 1. The van der Waals surface area contributed by atoms with E-state index >= 15 is 0 Å². The van der Waals surface area contributed by atoms with E-state index in [0.717, 1.165) is 77.0 Å². The first-order valence-electron chi connectivity index (χ1n) is 29.1. The van der Waals surface area contributed by atoms with Gasteiger partial charge in [-0.05, 0) is 83.5 Å². The average molecular weight is 1010 g/mol. The average Bonchev–Trinajstić information content (AvgIpc) is 3.33. The molecule has 0 bridgehead atoms. The normalized spacial score (nSPS) is 14.6. The molecule has 0 aliphatic rings. The number of allylic oxidation sites excluding steroid dienone is 15. The number of phosphoric ester groups is 1. The highest BCUT2D eigenvalue weighted by Gasteiger charge is 2.23. The zero-order valence-corrected chi connectivity index (χ0v) is 47.5. The Balaban J connectivity index is 4.15. The number of nitrogens with zero attached hydrogens (tertiary/aromatic N) is 1. The second kappa shape index (κ2) is 52.3. The summed E-state index contributed by atoms with van der Waals surface area (Å²) in [6.45, 7) is 4.51. The lowest BCUT2D eigenvalue weighted by molar-refractivity contribution is -0.870. The smallest absolute Gasteiger partial charge is 0.268 e. The molecule has 3 atom stereocenters. The van der Waals surface area contributed by atoms with E-state index in [1.54, 1.807) is 6.08 Å². The molecule has 410 valence electrons. The lowest BCUT2D eigenvalue weighted by Crippen LogP contribution is -2.45. The monoisotopic (exact) mass is 1010 g/mol. The van der Waals surface area contributed by atoms with Crippen molar-refractivity contribution in [2.75, 3.05) is 40.9 Å². The number of quaternary nitrogens is 1. The highest BCUT2D eigenvalue weighted by Crippen LogP contribution is 2.38. The molecule has 0 aromatic carbocycles. The summed E-state index contributed by atoms with van der Waals surface area (Å²) in [7, 11) is 1.24. The number of likely N-dealkylation sites (N-methyl/N-ethyl adjacent to an activating group) is 1. The molecule has 0 aliphatic carbocycles. The summed E-state index contributed by atoms with van der Waals surface area (Å²) in [4.78, 5) is 25.5. The number of nitrogens with one attached hydrogen (secondary N) is 1. The summed E-state index contributed by atoms with van der Waals surface area (Å²) in [5.41, 5.74) is 0. The minimum atomic E-state index is -4.61. The van der Waals surface area contributed by atoms with E-state index < -0.39 is 26.6 Å². The lowest BCUT2D eigenvalue weighted by Gasteiger charge is -2.29. The Morgan fingerprint density at radius 2 is 0.873 bits per heavy atom. The minimum Gasteiger partial charge on any atom is -0.756 e. The van der Waals surface area contributed by atoms with Gasteiger partial charge in [0.1, 0.15) is 13.2 Å². The van der Waals surface area contributed by atoms with Gasteiger partial charge in [-0.2, -0.15) is 0 Å². The molecule has 0 radical (unpaired) electrons. The third-order valence-electron chi connectivity index (χ3n) is 12.5. The van der Waals surface area contributed by atoms with Crippen LogP contribution in [-0.2, 0) is 18.4 Å². The van der Waals surface area contributed by atoms with Crippen LogP contribution in [0.5, 0.6) is 0 Å². The van der Waals surface area contributed by atoms with Gasteiger partial charge in [-0.1, -0.05) is 246 Å². The number of aliphatic hydroxyl groups is 1. The summed E-state index contributed by atoms with van der Waals surface area (Å²) in [6.07, 6.45) is 74.9. The van der Waals surface area contributed by atoms with Gasteiger partial charge in [0.25, 0.3) is 7.82 Å². The van der Waals surface area contributed by atoms with E-state index in [1.807, 2.05) is 27.2 Å². The largest absolute Gasteiger partial charge is 0.756 e. The van der Waals surface area contributed by atoms with Crippen molar-refractivity contribution in [3.63, 3.8) is 0 Å². The molecular formula is C62H111N2O6P. The third kappa shape index (κ3) is 55.0. The molecule has 0 saturated carbocycles. The van der Waals surface area contributed by atoms with Crippen LogP contribution in [0, 0.1) is 0 Å². The number of unbranched alkanes of at least 4 members (excludes halogenated alkanes) is 25. The van der Waals surface area contributed by atoms with E-state index in [9.17, 15) is 19.4 Å². The molecule has 0 saturated heterocycles. The molecule has 0 heterocycles. The minimum absolute atomic E-state index is 0.00971. The number of carbonyl (C=O) groups excluding carboxylic acids is 1. The molecule has 9 heteroatoms. The van der Waals surface area contributed by atoms with Crippen LogP contribution in [0.4, 0.5) is 0 Å². The van der Waals surface area contributed by atoms with Crippen molar-refractivity contribution >= 4 is 13.7 Å². The standard InChI is InChI=1S/C62H111N2O6P/c1-6-8-10-12-14-16-18-20-22-24-25-26-27-28-29-30-31-32-33-34-35-36-37-38-39-40-42-44-46-48-50-52-54-56-62(66)63-60(59-70-71(67,68)69-58-57-64(3,4)5)61(65)55-53-51-49-47-45-43-41-23-21-19-17-15-13-11-9-7-2/h8,10,14,16,20,22,25-26,28-29,31-32,45,47,53,55,60-61,65H,6-7,9,11-13,15,17-19,21,23-24,27,30,33-44,46,48-52,54,56-59H2,1-5H3,(H-,63,66,67,68)/b10-8-,16-14-,22-20-,26-25-,29-28-,32-31-,47-45+,55-53+. The number of phosphoric acid groups is 1. The van der Waals surface area contributed by atoms with Crippen LogP contribution < -0.4 is 10.2 Å². The maximum atomic E-state index is 13.0. The lowest BCUT2D eigenvalue weighted by atomic mass is 10.0.